The van der Waals surface area contributed by atoms with E-state index < -0.39 is 18.4 Å². The Morgan fingerprint density at radius 3 is 2.50 bits per heavy atom. The molecule has 0 amide bonds. The van der Waals surface area contributed by atoms with Crippen molar-refractivity contribution in [1.29, 1.82) is 0 Å². The average Bonchev–Trinajstić information content (AvgIpc) is 2.26. The molecule has 2 heteroatoms. The molecule has 16 heavy (non-hydrogen) atoms. The van der Waals surface area contributed by atoms with Crippen molar-refractivity contribution in [2.45, 2.75) is 27.7 Å². The Bertz CT molecular complexity index is 427. The summed E-state index contributed by atoms with van der Waals surface area (Å²) in [5, 5.41) is 0. The van der Waals surface area contributed by atoms with Crippen molar-refractivity contribution in [2.24, 2.45) is 0 Å². The van der Waals surface area contributed by atoms with Crippen LogP contribution in [-0.4, -0.2) is 25.5 Å². The molecule has 1 nitrogen and oxygen atoms in total. The van der Waals surface area contributed by atoms with E-state index in [0.717, 1.165) is 5.75 Å². The van der Waals surface area contributed by atoms with Crippen LogP contribution in [0.5, 0.6) is 5.75 Å². The molecule has 1 aliphatic rings. The molecule has 0 spiro atoms. The van der Waals surface area contributed by atoms with Gasteiger partial charge in [-0.3, -0.25) is 0 Å². The molecule has 0 unspecified atom stereocenters. The Morgan fingerprint density at radius 2 is 1.88 bits per heavy atom. The van der Waals surface area contributed by atoms with E-state index in [0.29, 0.717) is 0 Å². The minimum atomic E-state index is -1.85. The summed E-state index contributed by atoms with van der Waals surface area (Å²) in [6.45, 7) is 0. The Balaban J connectivity index is 2.41. The van der Waals surface area contributed by atoms with Crippen LogP contribution >= 0.6 is 0 Å². The van der Waals surface area contributed by atoms with Crippen LogP contribution in [0, 0.1) is 0 Å². The standard InChI is InChI=1S/C11H11O.3CH3.Sn/c1-12-11-7-6-9-4-2-3-5-10(9)8-11;;;;/h5-8H,2,4H2,1H3;3*1H3;. The summed E-state index contributed by atoms with van der Waals surface area (Å²) in [7, 11) is 1.73. The van der Waals surface area contributed by atoms with E-state index in [1.165, 1.54) is 24.0 Å². The van der Waals surface area contributed by atoms with Crippen LogP contribution in [-0.2, 0) is 6.42 Å². The van der Waals surface area contributed by atoms with Gasteiger partial charge in [0.15, 0.2) is 0 Å². The van der Waals surface area contributed by atoms with E-state index >= 15 is 0 Å². The van der Waals surface area contributed by atoms with Crippen molar-refractivity contribution in [2.75, 3.05) is 7.11 Å². The molecule has 1 aliphatic carbocycles. The van der Waals surface area contributed by atoms with E-state index in [-0.39, 0.29) is 0 Å². The molecule has 0 saturated heterocycles. The number of hydrogen-bond donors (Lipinski definition) is 0. The van der Waals surface area contributed by atoms with Gasteiger partial charge in [0.1, 0.15) is 0 Å². The quantitative estimate of drug-likeness (QED) is 0.750. The molecule has 1 aromatic rings. The first-order valence-corrected chi connectivity index (χ1v) is 15.9. The summed E-state index contributed by atoms with van der Waals surface area (Å²) in [6.07, 6.45) is 4.91. The van der Waals surface area contributed by atoms with Crippen molar-refractivity contribution < 1.29 is 4.74 Å². The zero-order valence-corrected chi connectivity index (χ0v) is 13.5. The van der Waals surface area contributed by atoms with E-state index in [9.17, 15) is 0 Å². The maximum absolute atomic E-state index is 5.29. The molecule has 0 heterocycles. The Kier molecular flexibility index (Phi) is 3.34. The molecule has 0 aliphatic heterocycles. The molecule has 1 aromatic carbocycles. The molecular formula is C14H20OSn. The van der Waals surface area contributed by atoms with Gasteiger partial charge in [-0.25, -0.2) is 0 Å². The number of allylic oxidation sites excluding steroid dienone is 1. The second-order valence-electron chi connectivity index (χ2n) is 5.48. The van der Waals surface area contributed by atoms with Crippen molar-refractivity contribution in [3.63, 3.8) is 0 Å². The molecule has 86 valence electrons. The number of ether oxygens (including phenoxy) is 1. The molecule has 0 fully saturated rings. The summed E-state index contributed by atoms with van der Waals surface area (Å²) < 4.78 is 7.03. The molecule has 0 N–H and O–H groups in total. The summed E-state index contributed by atoms with van der Waals surface area (Å²) >= 11 is -1.85. The third-order valence-electron chi connectivity index (χ3n) is 3.31. The van der Waals surface area contributed by atoms with Gasteiger partial charge in [-0.1, -0.05) is 0 Å². The second kappa shape index (κ2) is 4.44. The van der Waals surface area contributed by atoms with Gasteiger partial charge in [-0.15, -0.1) is 0 Å². The third-order valence-corrected chi connectivity index (χ3v) is 9.93. The second-order valence-corrected chi connectivity index (χ2v) is 20.2. The van der Waals surface area contributed by atoms with Crippen molar-refractivity contribution in [3.05, 3.63) is 32.9 Å². The number of fused-ring (bicyclic) bond motifs is 1. The minimum absolute atomic E-state index is 0.973. The molecule has 0 aromatic heterocycles. The van der Waals surface area contributed by atoms with Crippen LogP contribution in [0.25, 0.3) is 6.08 Å². The molecular weight excluding hydrogens is 303 g/mol. The molecule has 0 bridgehead atoms. The van der Waals surface area contributed by atoms with Gasteiger partial charge in [0.2, 0.25) is 0 Å². The first kappa shape index (κ1) is 12.0. The first-order chi connectivity index (χ1) is 7.50. The summed E-state index contributed by atoms with van der Waals surface area (Å²) in [5.41, 5.74) is 2.85. The van der Waals surface area contributed by atoms with Gasteiger partial charge in [0.05, 0.1) is 0 Å². The predicted octanol–water partition coefficient (Wildman–Crippen LogP) is 3.90. The fraction of sp³-hybridized carbons (Fsp3) is 0.429. The molecule has 0 saturated carbocycles. The summed E-state index contributed by atoms with van der Waals surface area (Å²) in [6, 6.07) is 6.45. The zero-order valence-electron chi connectivity index (χ0n) is 10.6. The summed E-state index contributed by atoms with van der Waals surface area (Å²) in [5.74, 6) is 0.973. The van der Waals surface area contributed by atoms with E-state index in [1.54, 1.807) is 10.7 Å². The Labute approximate surface area is 102 Å². The van der Waals surface area contributed by atoms with Gasteiger partial charge in [0.25, 0.3) is 0 Å². The SMILES string of the molecule is COc1ccc2c(c1)C=[C]([Sn]([CH3])([CH3])[CH3])CC2. The van der Waals surface area contributed by atoms with Gasteiger partial charge in [-0.05, 0) is 0 Å². The number of benzene rings is 1. The number of aryl methyl sites for hydroxylation is 1. The molecule has 2 rings (SSSR count). The van der Waals surface area contributed by atoms with Gasteiger partial charge >= 0.3 is 103 Å². The average molecular weight is 323 g/mol. The van der Waals surface area contributed by atoms with Crippen LogP contribution in [0.15, 0.2) is 21.8 Å². The Morgan fingerprint density at radius 1 is 1.12 bits per heavy atom. The fourth-order valence-electron chi connectivity index (χ4n) is 2.18. The van der Waals surface area contributed by atoms with E-state index in [2.05, 4.69) is 39.1 Å². The fourth-order valence-corrected chi connectivity index (χ4v) is 6.36. The van der Waals surface area contributed by atoms with Crippen molar-refractivity contribution in [1.82, 2.24) is 0 Å². The number of methoxy groups -OCH3 is 1. The van der Waals surface area contributed by atoms with Crippen molar-refractivity contribution >= 4 is 24.5 Å². The topological polar surface area (TPSA) is 9.23 Å². The van der Waals surface area contributed by atoms with Gasteiger partial charge in [-0.2, -0.15) is 0 Å². The van der Waals surface area contributed by atoms with Crippen LogP contribution in [0.2, 0.25) is 14.8 Å². The van der Waals surface area contributed by atoms with Crippen LogP contribution in [0.4, 0.5) is 0 Å². The first-order valence-electron chi connectivity index (χ1n) is 5.88. The number of hydrogen-bond acceptors (Lipinski definition) is 1. The molecule has 0 radical (unpaired) electrons. The zero-order chi connectivity index (χ0) is 11.8. The number of rotatable bonds is 2. The van der Waals surface area contributed by atoms with Crippen LogP contribution in [0.1, 0.15) is 17.5 Å². The summed E-state index contributed by atoms with van der Waals surface area (Å²) in [4.78, 5) is 7.48. The monoisotopic (exact) mass is 324 g/mol. The van der Waals surface area contributed by atoms with E-state index in [1.807, 2.05) is 0 Å². The van der Waals surface area contributed by atoms with Gasteiger partial charge < -0.3 is 0 Å². The molecule has 0 atom stereocenters. The van der Waals surface area contributed by atoms with Gasteiger partial charge in [0, 0.05) is 0 Å². The van der Waals surface area contributed by atoms with E-state index in [4.69, 9.17) is 4.74 Å². The van der Waals surface area contributed by atoms with Crippen LogP contribution in [0.3, 0.4) is 0 Å². The maximum atomic E-state index is 5.29. The predicted molar refractivity (Wildman–Crippen MR) is 72.6 cm³/mol. The Hall–Kier alpha value is -0.441. The third kappa shape index (κ3) is 2.45. The normalized spacial score (nSPS) is 15.4. The van der Waals surface area contributed by atoms with Crippen molar-refractivity contribution in [3.8, 4) is 5.75 Å². The van der Waals surface area contributed by atoms with Crippen LogP contribution < -0.4 is 4.74 Å².